The van der Waals surface area contributed by atoms with Crippen LogP contribution in [0.1, 0.15) is 26.3 Å². The molecule has 2 aromatic rings. The molecule has 0 fully saturated rings. The standard InChI is InChI=1S/C15H16BrN/c1-15(2,3)12-6-4-11(5-7-12)14-9-8-13(16)10-17-14/h4-10H,1-3H3. The van der Waals surface area contributed by atoms with Gasteiger partial charge in [0, 0.05) is 16.2 Å². The van der Waals surface area contributed by atoms with Crippen LogP contribution in [0.25, 0.3) is 11.3 Å². The summed E-state index contributed by atoms with van der Waals surface area (Å²) in [5.74, 6) is 0. The van der Waals surface area contributed by atoms with E-state index >= 15 is 0 Å². The van der Waals surface area contributed by atoms with Gasteiger partial charge in [-0.25, -0.2) is 0 Å². The van der Waals surface area contributed by atoms with E-state index < -0.39 is 0 Å². The van der Waals surface area contributed by atoms with Crippen molar-refractivity contribution in [2.75, 3.05) is 0 Å². The van der Waals surface area contributed by atoms with Crippen LogP contribution < -0.4 is 0 Å². The van der Waals surface area contributed by atoms with Gasteiger partial charge >= 0.3 is 0 Å². The van der Waals surface area contributed by atoms with Gasteiger partial charge in [-0.1, -0.05) is 45.0 Å². The number of nitrogens with zero attached hydrogens (tertiary/aromatic N) is 1. The second kappa shape index (κ2) is 4.61. The fraction of sp³-hybridized carbons (Fsp3) is 0.267. The Kier molecular flexibility index (Phi) is 3.34. The number of benzene rings is 1. The van der Waals surface area contributed by atoms with Crippen LogP contribution in [0.15, 0.2) is 47.1 Å². The van der Waals surface area contributed by atoms with Crippen LogP contribution in [-0.4, -0.2) is 4.98 Å². The van der Waals surface area contributed by atoms with Gasteiger partial charge in [-0.2, -0.15) is 0 Å². The molecule has 0 saturated carbocycles. The van der Waals surface area contributed by atoms with Crippen LogP contribution in [0, 0.1) is 0 Å². The summed E-state index contributed by atoms with van der Waals surface area (Å²) >= 11 is 3.39. The smallest absolute Gasteiger partial charge is 0.0702 e. The van der Waals surface area contributed by atoms with E-state index in [9.17, 15) is 0 Å². The maximum absolute atomic E-state index is 4.39. The van der Waals surface area contributed by atoms with Crippen molar-refractivity contribution in [3.05, 3.63) is 52.6 Å². The Morgan fingerprint density at radius 3 is 2.06 bits per heavy atom. The van der Waals surface area contributed by atoms with Crippen LogP contribution in [0.4, 0.5) is 0 Å². The third kappa shape index (κ3) is 2.95. The number of aromatic nitrogens is 1. The van der Waals surface area contributed by atoms with Gasteiger partial charge in [-0.3, -0.25) is 4.98 Å². The van der Waals surface area contributed by atoms with E-state index in [1.807, 2.05) is 18.3 Å². The maximum Gasteiger partial charge on any atom is 0.0702 e. The Balaban J connectivity index is 2.33. The van der Waals surface area contributed by atoms with E-state index in [2.05, 4.69) is 66.0 Å². The normalized spacial score (nSPS) is 11.5. The molecule has 17 heavy (non-hydrogen) atoms. The van der Waals surface area contributed by atoms with Crippen LogP contribution in [0.3, 0.4) is 0 Å². The second-order valence-corrected chi connectivity index (χ2v) is 6.10. The molecule has 2 heteroatoms. The topological polar surface area (TPSA) is 12.9 Å². The number of halogens is 1. The molecule has 0 bridgehead atoms. The summed E-state index contributed by atoms with van der Waals surface area (Å²) in [7, 11) is 0. The summed E-state index contributed by atoms with van der Waals surface area (Å²) in [6.45, 7) is 6.67. The molecule has 0 aliphatic carbocycles. The van der Waals surface area contributed by atoms with E-state index in [1.54, 1.807) is 0 Å². The minimum Gasteiger partial charge on any atom is -0.255 e. The summed E-state index contributed by atoms with van der Waals surface area (Å²) in [6, 6.07) is 12.7. The lowest BCUT2D eigenvalue weighted by atomic mass is 9.86. The number of hydrogen-bond donors (Lipinski definition) is 0. The molecule has 0 aliphatic heterocycles. The van der Waals surface area contributed by atoms with Gasteiger partial charge in [0.25, 0.3) is 0 Å². The van der Waals surface area contributed by atoms with Gasteiger partial charge in [0.05, 0.1) is 5.69 Å². The lowest BCUT2D eigenvalue weighted by molar-refractivity contribution is 0.590. The Labute approximate surface area is 111 Å². The van der Waals surface area contributed by atoms with Gasteiger partial charge in [-0.15, -0.1) is 0 Å². The van der Waals surface area contributed by atoms with Gasteiger partial charge in [0.15, 0.2) is 0 Å². The molecule has 1 heterocycles. The molecule has 1 nitrogen and oxygen atoms in total. The number of hydrogen-bond acceptors (Lipinski definition) is 1. The zero-order chi connectivity index (χ0) is 12.5. The molecule has 0 spiro atoms. The minimum atomic E-state index is 0.200. The van der Waals surface area contributed by atoms with E-state index in [0.717, 1.165) is 15.7 Å². The first kappa shape index (κ1) is 12.3. The van der Waals surface area contributed by atoms with Crippen LogP contribution in [0.2, 0.25) is 0 Å². The predicted octanol–water partition coefficient (Wildman–Crippen LogP) is 4.81. The Bertz CT molecular complexity index is 492. The van der Waals surface area contributed by atoms with Crippen LogP contribution in [-0.2, 0) is 5.41 Å². The molecule has 0 amide bonds. The molecule has 1 aromatic heterocycles. The lowest BCUT2D eigenvalue weighted by Gasteiger charge is -2.19. The first-order valence-electron chi connectivity index (χ1n) is 5.69. The monoisotopic (exact) mass is 289 g/mol. The lowest BCUT2D eigenvalue weighted by Crippen LogP contribution is -2.10. The quantitative estimate of drug-likeness (QED) is 0.734. The zero-order valence-electron chi connectivity index (χ0n) is 10.4. The number of rotatable bonds is 1. The maximum atomic E-state index is 4.39. The van der Waals surface area contributed by atoms with Gasteiger partial charge < -0.3 is 0 Å². The third-order valence-corrected chi connectivity index (χ3v) is 3.24. The van der Waals surface area contributed by atoms with Crippen molar-refractivity contribution in [3.63, 3.8) is 0 Å². The minimum absolute atomic E-state index is 0.200. The predicted molar refractivity (Wildman–Crippen MR) is 76.1 cm³/mol. The van der Waals surface area contributed by atoms with E-state index in [4.69, 9.17) is 0 Å². The second-order valence-electron chi connectivity index (χ2n) is 5.19. The van der Waals surface area contributed by atoms with Crippen molar-refractivity contribution in [1.29, 1.82) is 0 Å². The van der Waals surface area contributed by atoms with Crippen molar-refractivity contribution < 1.29 is 0 Å². The van der Waals surface area contributed by atoms with Crippen molar-refractivity contribution >= 4 is 15.9 Å². The molecule has 0 saturated heterocycles. The molecular formula is C15H16BrN. The Hall–Kier alpha value is -1.15. The highest BCUT2D eigenvalue weighted by atomic mass is 79.9. The molecule has 1 aromatic carbocycles. The molecule has 0 unspecified atom stereocenters. The summed E-state index contributed by atoms with van der Waals surface area (Å²) in [6.07, 6.45) is 1.83. The highest BCUT2D eigenvalue weighted by Crippen LogP contribution is 2.25. The Morgan fingerprint density at radius 1 is 0.941 bits per heavy atom. The molecule has 0 aliphatic rings. The van der Waals surface area contributed by atoms with E-state index in [1.165, 1.54) is 5.56 Å². The molecule has 0 radical (unpaired) electrons. The summed E-state index contributed by atoms with van der Waals surface area (Å²) in [5, 5.41) is 0. The summed E-state index contributed by atoms with van der Waals surface area (Å²) in [4.78, 5) is 4.39. The molecule has 0 N–H and O–H groups in total. The van der Waals surface area contributed by atoms with Crippen LogP contribution in [0.5, 0.6) is 0 Å². The first-order valence-corrected chi connectivity index (χ1v) is 6.48. The highest BCUT2D eigenvalue weighted by molar-refractivity contribution is 9.10. The zero-order valence-corrected chi connectivity index (χ0v) is 12.0. The average Bonchev–Trinajstić information content (AvgIpc) is 2.29. The van der Waals surface area contributed by atoms with Gasteiger partial charge in [-0.05, 0) is 39.0 Å². The highest BCUT2D eigenvalue weighted by Gasteiger charge is 2.13. The van der Waals surface area contributed by atoms with Crippen LogP contribution >= 0.6 is 15.9 Å². The van der Waals surface area contributed by atoms with Crippen molar-refractivity contribution in [2.45, 2.75) is 26.2 Å². The molecule has 88 valence electrons. The molecule has 2 rings (SSSR count). The molecule has 0 atom stereocenters. The SMILES string of the molecule is CC(C)(C)c1ccc(-c2ccc(Br)cn2)cc1. The first-order chi connectivity index (χ1) is 7.97. The fourth-order valence-electron chi connectivity index (χ4n) is 1.69. The third-order valence-electron chi connectivity index (χ3n) is 2.77. The molecular weight excluding hydrogens is 274 g/mol. The largest absolute Gasteiger partial charge is 0.255 e. The number of pyridine rings is 1. The average molecular weight is 290 g/mol. The van der Waals surface area contributed by atoms with Crippen molar-refractivity contribution in [3.8, 4) is 11.3 Å². The van der Waals surface area contributed by atoms with Crippen molar-refractivity contribution in [2.24, 2.45) is 0 Å². The Morgan fingerprint density at radius 2 is 1.59 bits per heavy atom. The van der Waals surface area contributed by atoms with Gasteiger partial charge in [0.1, 0.15) is 0 Å². The summed E-state index contributed by atoms with van der Waals surface area (Å²) in [5.41, 5.74) is 3.71. The summed E-state index contributed by atoms with van der Waals surface area (Å²) < 4.78 is 1.01. The fourth-order valence-corrected chi connectivity index (χ4v) is 1.92. The van der Waals surface area contributed by atoms with Crippen molar-refractivity contribution in [1.82, 2.24) is 4.98 Å². The van der Waals surface area contributed by atoms with E-state index in [-0.39, 0.29) is 5.41 Å². The van der Waals surface area contributed by atoms with E-state index in [0.29, 0.717) is 0 Å². The van der Waals surface area contributed by atoms with Gasteiger partial charge in [0.2, 0.25) is 0 Å².